The lowest BCUT2D eigenvalue weighted by Crippen LogP contribution is -2.32. The first-order chi connectivity index (χ1) is 15.3. The molecule has 1 amide bonds. The second-order valence-corrected chi connectivity index (χ2v) is 10.1. The third-order valence-corrected chi connectivity index (χ3v) is 7.57. The van der Waals surface area contributed by atoms with Crippen LogP contribution in [0.1, 0.15) is 23.0 Å². The Kier molecular flexibility index (Phi) is 5.98. The van der Waals surface area contributed by atoms with Gasteiger partial charge >= 0.3 is 0 Å². The van der Waals surface area contributed by atoms with E-state index in [-0.39, 0.29) is 38.1 Å². The topological polar surface area (TPSA) is 80.2 Å². The Bertz CT molecular complexity index is 1410. The molecule has 0 N–H and O–H groups in total. The van der Waals surface area contributed by atoms with Gasteiger partial charge in [0.25, 0.3) is 5.91 Å². The fourth-order valence-corrected chi connectivity index (χ4v) is 5.25. The summed E-state index contributed by atoms with van der Waals surface area (Å²) in [4.78, 5) is 23.2. The van der Waals surface area contributed by atoms with Crippen LogP contribution < -0.4 is 4.90 Å². The van der Waals surface area contributed by atoms with Gasteiger partial charge in [-0.15, -0.1) is 0 Å². The van der Waals surface area contributed by atoms with Crippen molar-refractivity contribution in [2.75, 3.05) is 10.7 Å². The van der Waals surface area contributed by atoms with Gasteiger partial charge in [0.05, 0.1) is 33.2 Å². The van der Waals surface area contributed by atoms with E-state index in [2.05, 4.69) is 9.97 Å². The van der Waals surface area contributed by atoms with Crippen molar-refractivity contribution < 1.29 is 22.0 Å². The number of rotatable bonds is 6. The van der Waals surface area contributed by atoms with Gasteiger partial charge in [-0.05, 0) is 30.3 Å². The van der Waals surface area contributed by atoms with Crippen molar-refractivity contribution in [1.82, 2.24) is 9.97 Å². The van der Waals surface area contributed by atoms with E-state index in [1.54, 1.807) is 30.5 Å². The number of aromatic nitrogens is 2. The minimum absolute atomic E-state index is 0.0313. The maximum absolute atomic E-state index is 14.2. The van der Waals surface area contributed by atoms with E-state index in [0.29, 0.717) is 5.69 Å². The quantitative estimate of drug-likeness (QED) is 0.409. The summed E-state index contributed by atoms with van der Waals surface area (Å²) < 4.78 is 53.3. The third kappa shape index (κ3) is 4.23. The Morgan fingerprint density at radius 3 is 2.56 bits per heavy atom. The average Bonchev–Trinajstić information content (AvgIpc) is 3.22. The summed E-state index contributed by atoms with van der Waals surface area (Å²) in [5.74, 6) is -2.42. The maximum atomic E-state index is 14.2. The summed E-state index contributed by atoms with van der Waals surface area (Å²) in [6.07, 6.45) is 1.56. The van der Waals surface area contributed by atoms with Crippen LogP contribution in [0.4, 0.5) is 13.9 Å². The lowest BCUT2D eigenvalue weighted by atomic mass is 10.2. The summed E-state index contributed by atoms with van der Waals surface area (Å²) >= 11 is 0.932. The molecular formula is C22H17F2N3O3S2. The minimum atomic E-state index is -3.69. The number of amides is 1. The minimum Gasteiger partial charge on any atom is -0.278 e. The van der Waals surface area contributed by atoms with Gasteiger partial charge in [-0.1, -0.05) is 36.5 Å². The Morgan fingerprint density at radius 1 is 1.09 bits per heavy atom. The summed E-state index contributed by atoms with van der Waals surface area (Å²) in [6.45, 7) is 1.46. The Balaban J connectivity index is 1.86. The number of benzene rings is 2. The first-order valence-electron chi connectivity index (χ1n) is 9.59. The monoisotopic (exact) mass is 473 g/mol. The molecule has 164 valence electrons. The summed E-state index contributed by atoms with van der Waals surface area (Å²) in [7, 11) is -3.69. The van der Waals surface area contributed by atoms with Crippen molar-refractivity contribution in [3.05, 3.63) is 83.7 Å². The number of anilines is 1. The van der Waals surface area contributed by atoms with E-state index in [0.717, 1.165) is 23.5 Å². The molecule has 0 fully saturated rings. The van der Waals surface area contributed by atoms with Gasteiger partial charge in [-0.25, -0.2) is 22.2 Å². The molecule has 0 bridgehead atoms. The molecule has 32 heavy (non-hydrogen) atoms. The van der Waals surface area contributed by atoms with Crippen LogP contribution in [-0.2, 0) is 16.4 Å². The zero-order chi connectivity index (χ0) is 22.9. The predicted molar refractivity (Wildman–Crippen MR) is 118 cm³/mol. The van der Waals surface area contributed by atoms with Crippen molar-refractivity contribution in [3.63, 3.8) is 0 Å². The Hall–Kier alpha value is -3.24. The number of hydrogen-bond acceptors (Lipinski definition) is 6. The van der Waals surface area contributed by atoms with E-state index in [1.165, 1.54) is 30.0 Å². The summed E-state index contributed by atoms with van der Waals surface area (Å²) in [5.41, 5.74) is 0.415. The van der Waals surface area contributed by atoms with E-state index in [9.17, 15) is 22.0 Å². The second-order valence-electron chi connectivity index (χ2n) is 6.84. The van der Waals surface area contributed by atoms with Crippen molar-refractivity contribution in [1.29, 1.82) is 0 Å². The van der Waals surface area contributed by atoms with Crippen molar-refractivity contribution in [3.8, 4) is 0 Å². The van der Waals surface area contributed by atoms with Gasteiger partial charge in [0.1, 0.15) is 11.3 Å². The molecule has 0 aliphatic heterocycles. The number of carbonyl (C=O) groups is 1. The number of fused-ring (bicyclic) bond motifs is 1. The molecule has 0 radical (unpaired) electrons. The highest BCUT2D eigenvalue weighted by atomic mass is 32.2. The van der Waals surface area contributed by atoms with Crippen molar-refractivity contribution >= 4 is 42.4 Å². The van der Waals surface area contributed by atoms with Crippen LogP contribution in [0, 0.1) is 11.6 Å². The van der Waals surface area contributed by atoms with Crippen LogP contribution in [0.25, 0.3) is 10.2 Å². The highest BCUT2D eigenvalue weighted by molar-refractivity contribution is 7.91. The molecule has 6 nitrogen and oxygen atoms in total. The van der Waals surface area contributed by atoms with E-state index >= 15 is 0 Å². The molecular weight excluding hydrogens is 456 g/mol. The molecule has 2 heterocycles. The lowest BCUT2D eigenvalue weighted by molar-refractivity contribution is 0.0981. The molecule has 4 aromatic rings. The normalized spacial score (nSPS) is 11.6. The largest absolute Gasteiger partial charge is 0.278 e. The highest BCUT2D eigenvalue weighted by Crippen LogP contribution is 2.33. The fraction of sp³-hybridized carbons (Fsp3) is 0.136. The van der Waals surface area contributed by atoms with Crippen LogP contribution >= 0.6 is 11.3 Å². The summed E-state index contributed by atoms with van der Waals surface area (Å²) in [5, 5.41) is 0.101. The standard InChI is InChI=1S/C22H17F2N3O3S2/c1-2-32(29,30)19-9-4-3-8-16(19)21(28)27(13-15-7-5-6-10-25-15)22-26-20-17(24)11-14(23)12-18(20)31-22/h3-12H,2,13H2,1H3. The third-order valence-electron chi connectivity index (χ3n) is 4.76. The van der Waals surface area contributed by atoms with Crippen LogP contribution in [0.3, 0.4) is 0 Å². The zero-order valence-electron chi connectivity index (χ0n) is 16.8. The second kappa shape index (κ2) is 8.71. The number of halogens is 2. The van der Waals surface area contributed by atoms with Gasteiger partial charge in [0.2, 0.25) is 0 Å². The number of nitrogens with zero attached hydrogens (tertiary/aromatic N) is 3. The first kappa shape index (κ1) is 22.0. The van der Waals surface area contributed by atoms with Crippen LogP contribution in [-0.4, -0.2) is 30.0 Å². The van der Waals surface area contributed by atoms with Gasteiger partial charge in [-0.2, -0.15) is 0 Å². The number of thiazole rings is 1. The molecule has 4 rings (SSSR count). The van der Waals surface area contributed by atoms with Crippen LogP contribution in [0.2, 0.25) is 0 Å². The molecule has 2 aromatic heterocycles. The zero-order valence-corrected chi connectivity index (χ0v) is 18.5. The number of pyridine rings is 1. The predicted octanol–water partition coefficient (Wildman–Crippen LogP) is 4.61. The summed E-state index contributed by atoms with van der Waals surface area (Å²) in [6, 6.07) is 12.9. The van der Waals surface area contributed by atoms with E-state index < -0.39 is 27.4 Å². The van der Waals surface area contributed by atoms with Crippen molar-refractivity contribution in [2.24, 2.45) is 0 Å². The molecule has 0 aliphatic rings. The Labute approximate surface area is 187 Å². The lowest BCUT2D eigenvalue weighted by Gasteiger charge is -2.21. The number of carbonyl (C=O) groups excluding carboxylic acids is 1. The van der Waals surface area contributed by atoms with Crippen molar-refractivity contribution in [2.45, 2.75) is 18.4 Å². The first-order valence-corrected chi connectivity index (χ1v) is 12.1. The molecule has 0 saturated carbocycles. The van der Waals surface area contributed by atoms with Gasteiger partial charge < -0.3 is 0 Å². The maximum Gasteiger partial charge on any atom is 0.261 e. The fourth-order valence-electron chi connectivity index (χ4n) is 3.16. The van der Waals surface area contributed by atoms with Gasteiger partial charge in [-0.3, -0.25) is 14.7 Å². The molecule has 0 unspecified atom stereocenters. The van der Waals surface area contributed by atoms with Crippen LogP contribution in [0.5, 0.6) is 0 Å². The van der Waals surface area contributed by atoms with E-state index in [1.807, 2.05) is 0 Å². The SMILES string of the molecule is CCS(=O)(=O)c1ccccc1C(=O)N(Cc1ccccn1)c1nc2c(F)cc(F)cc2s1. The number of sulfone groups is 1. The molecule has 2 aromatic carbocycles. The molecule has 0 aliphatic carbocycles. The molecule has 0 spiro atoms. The number of hydrogen-bond donors (Lipinski definition) is 0. The average molecular weight is 474 g/mol. The Morgan fingerprint density at radius 2 is 1.84 bits per heavy atom. The molecule has 0 atom stereocenters. The van der Waals surface area contributed by atoms with E-state index in [4.69, 9.17) is 0 Å². The smallest absolute Gasteiger partial charge is 0.261 e. The molecule has 0 saturated heterocycles. The van der Waals surface area contributed by atoms with Crippen LogP contribution in [0.15, 0.2) is 65.7 Å². The van der Waals surface area contributed by atoms with Gasteiger partial charge in [0.15, 0.2) is 20.8 Å². The molecule has 10 heteroatoms. The highest BCUT2D eigenvalue weighted by Gasteiger charge is 2.28. The van der Waals surface area contributed by atoms with Gasteiger partial charge in [0, 0.05) is 12.3 Å².